The first-order valence-electron chi connectivity index (χ1n) is 8.00. The van der Waals surface area contributed by atoms with E-state index in [2.05, 4.69) is 19.2 Å². The third kappa shape index (κ3) is 3.89. The van der Waals surface area contributed by atoms with Crippen LogP contribution in [-0.4, -0.2) is 40.6 Å². The molecule has 0 radical (unpaired) electrons. The lowest BCUT2D eigenvalue weighted by molar-refractivity contribution is -0.139. The van der Waals surface area contributed by atoms with Crippen LogP contribution in [0.5, 0.6) is 0 Å². The summed E-state index contributed by atoms with van der Waals surface area (Å²) >= 11 is 0. The molecule has 0 saturated heterocycles. The average Bonchev–Trinajstić information content (AvgIpc) is 2.34. The van der Waals surface area contributed by atoms with Crippen molar-refractivity contribution in [3.63, 3.8) is 0 Å². The quantitative estimate of drug-likeness (QED) is 0.838. The molecule has 2 aliphatic carbocycles. The molecule has 2 N–H and O–H groups in total. The van der Waals surface area contributed by atoms with Crippen LogP contribution in [0.3, 0.4) is 0 Å². The molecule has 120 valence electrons. The molecular weight excluding hydrogens is 268 g/mol. The summed E-state index contributed by atoms with van der Waals surface area (Å²) in [5, 5.41) is 12.0. The van der Waals surface area contributed by atoms with Gasteiger partial charge in [0, 0.05) is 13.1 Å². The predicted molar refractivity (Wildman–Crippen MR) is 81.2 cm³/mol. The number of nitrogens with zero attached hydrogens (tertiary/aromatic N) is 1. The monoisotopic (exact) mass is 296 g/mol. The fourth-order valence-electron chi connectivity index (χ4n) is 3.49. The largest absolute Gasteiger partial charge is 0.481 e. The van der Waals surface area contributed by atoms with E-state index in [0.717, 1.165) is 44.9 Å². The topological polar surface area (TPSA) is 69.6 Å². The third-order valence-electron chi connectivity index (χ3n) is 5.35. The summed E-state index contributed by atoms with van der Waals surface area (Å²) in [7, 11) is 1.84. The summed E-state index contributed by atoms with van der Waals surface area (Å²) < 4.78 is 0. The zero-order valence-electron chi connectivity index (χ0n) is 13.4. The van der Waals surface area contributed by atoms with Crippen molar-refractivity contribution < 1.29 is 14.7 Å². The first-order valence-corrected chi connectivity index (χ1v) is 8.00. The molecule has 0 unspecified atom stereocenters. The lowest BCUT2D eigenvalue weighted by atomic mass is 9.74. The van der Waals surface area contributed by atoms with Gasteiger partial charge >= 0.3 is 12.0 Å². The minimum absolute atomic E-state index is 0.0320. The summed E-state index contributed by atoms with van der Waals surface area (Å²) in [4.78, 5) is 25.2. The molecule has 2 fully saturated rings. The fourth-order valence-corrected chi connectivity index (χ4v) is 3.49. The van der Waals surface area contributed by atoms with Gasteiger partial charge in [-0.2, -0.15) is 0 Å². The van der Waals surface area contributed by atoms with E-state index in [-0.39, 0.29) is 18.5 Å². The van der Waals surface area contributed by atoms with Crippen LogP contribution < -0.4 is 5.32 Å². The Morgan fingerprint density at radius 1 is 1.19 bits per heavy atom. The van der Waals surface area contributed by atoms with E-state index < -0.39 is 11.5 Å². The van der Waals surface area contributed by atoms with E-state index >= 15 is 0 Å². The number of carboxylic acids is 1. The predicted octanol–water partition coefficient (Wildman–Crippen LogP) is 2.99. The van der Waals surface area contributed by atoms with Gasteiger partial charge in [0.05, 0.1) is 12.0 Å². The van der Waals surface area contributed by atoms with Crippen LogP contribution in [0.25, 0.3) is 0 Å². The van der Waals surface area contributed by atoms with Crippen LogP contribution in [0.1, 0.15) is 65.2 Å². The molecule has 0 aromatic carbocycles. The Kier molecular flexibility index (Phi) is 4.49. The van der Waals surface area contributed by atoms with Crippen molar-refractivity contribution in [2.75, 3.05) is 7.05 Å². The summed E-state index contributed by atoms with van der Waals surface area (Å²) in [6.07, 6.45) is 6.91. The van der Waals surface area contributed by atoms with Crippen LogP contribution >= 0.6 is 0 Å². The molecule has 0 bridgehead atoms. The minimum Gasteiger partial charge on any atom is -0.481 e. The highest BCUT2D eigenvalue weighted by atomic mass is 16.4. The Hall–Kier alpha value is -1.26. The van der Waals surface area contributed by atoms with Crippen molar-refractivity contribution in [2.24, 2.45) is 5.41 Å². The van der Waals surface area contributed by atoms with E-state index in [1.807, 2.05) is 7.05 Å². The highest BCUT2D eigenvalue weighted by molar-refractivity contribution is 5.77. The van der Waals surface area contributed by atoms with Gasteiger partial charge in [-0.1, -0.05) is 13.8 Å². The van der Waals surface area contributed by atoms with E-state index in [1.165, 1.54) is 0 Å². The van der Waals surface area contributed by atoms with E-state index in [9.17, 15) is 9.59 Å². The first kappa shape index (κ1) is 16.1. The maximum Gasteiger partial charge on any atom is 0.317 e. The van der Waals surface area contributed by atoms with E-state index in [0.29, 0.717) is 5.41 Å². The van der Waals surface area contributed by atoms with Gasteiger partial charge in [0.2, 0.25) is 0 Å². The standard InChI is InChI=1S/C16H28N2O3/c1-15(2)9-5-12(6-10-15)18(3)14(21)17-16(7-4-8-16)11-13(19)20/h12H,4-11H2,1-3H3,(H,17,21)(H,19,20). The first-order chi connectivity index (χ1) is 9.73. The molecule has 2 saturated carbocycles. The molecule has 2 rings (SSSR count). The Bertz CT molecular complexity index is 406. The zero-order valence-corrected chi connectivity index (χ0v) is 13.4. The summed E-state index contributed by atoms with van der Waals surface area (Å²) in [5.41, 5.74) is -0.128. The van der Waals surface area contributed by atoms with E-state index in [4.69, 9.17) is 5.11 Å². The summed E-state index contributed by atoms with van der Waals surface area (Å²) in [6, 6.07) is 0.167. The number of carbonyl (C=O) groups excluding carboxylic acids is 1. The van der Waals surface area contributed by atoms with Gasteiger partial charge in [0.25, 0.3) is 0 Å². The Balaban J connectivity index is 1.89. The van der Waals surface area contributed by atoms with Gasteiger partial charge in [-0.05, 0) is 50.4 Å². The lowest BCUT2D eigenvalue weighted by Gasteiger charge is -2.44. The van der Waals surface area contributed by atoms with Gasteiger partial charge in [-0.3, -0.25) is 4.79 Å². The Morgan fingerprint density at radius 3 is 2.19 bits per heavy atom. The zero-order chi connectivity index (χ0) is 15.7. The number of rotatable bonds is 4. The van der Waals surface area contributed by atoms with E-state index in [1.54, 1.807) is 4.90 Å². The average molecular weight is 296 g/mol. The fraction of sp³-hybridized carbons (Fsp3) is 0.875. The van der Waals surface area contributed by atoms with Gasteiger partial charge in [-0.15, -0.1) is 0 Å². The third-order valence-corrected chi connectivity index (χ3v) is 5.35. The van der Waals surface area contributed by atoms with Crippen molar-refractivity contribution in [1.82, 2.24) is 10.2 Å². The molecule has 5 heteroatoms. The Morgan fingerprint density at radius 2 is 1.76 bits per heavy atom. The molecule has 2 aliphatic rings. The molecule has 0 aromatic heterocycles. The van der Waals surface area contributed by atoms with Crippen LogP contribution in [-0.2, 0) is 4.79 Å². The van der Waals surface area contributed by atoms with Gasteiger partial charge in [-0.25, -0.2) is 4.79 Å². The molecule has 21 heavy (non-hydrogen) atoms. The molecule has 0 heterocycles. The van der Waals surface area contributed by atoms with Crippen molar-refractivity contribution in [1.29, 1.82) is 0 Å². The number of carbonyl (C=O) groups is 2. The molecule has 0 atom stereocenters. The van der Waals surface area contributed by atoms with Crippen molar-refractivity contribution in [3.05, 3.63) is 0 Å². The second kappa shape index (κ2) is 5.85. The normalized spacial score (nSPS) is 24.0. The van der Waals surface area contributed by atoms with Gasteiger partial charge in [0.1, 0.15) is 0 Å². The molecule has 0 aliphatic heterocycles. The maximum absolute atomic E-state index is 12.4. The highest BCUT2D eigenvalue weighted by Crippen LogP contribution is 2.38. The number of nitrogens with one attached hydrogen (secondary N) is 1. The minimum atomic E-state index is -0.836. The Labute approximate surface area is 127 Å². The SMILES string of the molecule is CN(C(=O)NC1(CC(=O)O)CCC1)C1CCC(C)(C)CC1. The lowest BCUT2D eigenvalue weighted by Crippen LogP contribution is -2.59. The van der Waals surface area contributed by atoms with Crippen LogP contribution in [0.15, 0.2) is 0 Å². The molecule has 0 spiro atoms. The number of urea groups is 1. The van der Waals surface area contributed by atoms with Gasteiger partial charge < -0.3 is 15.3 Å². The maximum atomic E-state index is 12.4. The number of hydrogen-bond donors (Lipinski definition) is 2. The second-order valence-corrected chi connectivity index (χ2v) is 7.64. The van der Waals surface area contributed by atoms with Gasteiger partial charge in [0.15, 0.2) is 0 Å². The van der Waals surface area contributed by atoms with Crippen LogP contribution in [0.4, 0.5) is 4.79 Å². The van der Waals surface area contributed by atoms with Crippen LogP contribution in [0.2, 0.25) is 0 Å². The van der Waals surface area contributed by atoms with Crippen molar-refractivity contribution in [2.45, 2.75) is 76.8 Å². The smallest absolute Gasteiger partial charge is 0.317 e. The summed E-state index contributed by atoms with van der Waals surface area (Å²) in [5.74, 6) is -0.836. The highest BCUT2D eigenvalue weighted by Gasteiger charge is 2.41. The molecule has 5 nitrogen and oxygen atoms in total. The number of aliphatic carboxylic acids is 1. The second-order valence-electron chi connectivity index (χ2n) is 7.64. The molecular formula is C16H28N2O3. The number of carboxylic acid groups (broad SMARTS) is 1. The number of amides is 2. The van der Waals surface area contributed by atoms with Crippen molar-refractivity contribution >= 4 is 12.0 Å². The van der Waals surface area contributed by atoms with Crippen molar-refractivity contribution in [3.8, 4) is 0 Å². The molecule has 0 aromatic rings. The van der Waals surface area contributed by atoms with Crippen LogP contribution in [0, 0.1) is 5.41 Å². The summed E-state index contributed by atoms with van der Waals surface area (Å²) in [6.45, 7) is 4.55. The molecule has 2 amide bonds. The number of hydrogen-bond acceptors (Lipinski definition) is 2.